The lowest BCUT2D eigenvalue weighted by Crippen LogP contribution is -2.06. The van der Waals surface area contributed by atoms with Crippen LogP contribution in [0.1, 0.15) is 10.5 Å². The van der Waals surface area contributed by atoms with Gasteiger partial charge in [0.05, 0.1) is 0 Å². The molecule has 2 aromatic rings. The van der Waals surface area contributed by atoms with Crippen molar-refractivity contribution in [1.29, 1.82) is 0 Å². The molecule has 0 bridgehead atoms. The molecule has 0 fully saturated rings. The number of hydrogen-bond donors (Lipinski definition) is 1. The van der Waals surface area contributed by atoms with Crippen molar-refractivity contribution >= 4 is 11.7 Å². The lowest BCUT2D eigenvalue weighted by molar-refractivity contribution is 0.0687. The van der Waals surface area contributed by atoms with Gasteiger partial charge in [-0.25, -0.2) is 9.78 Å². The van der Waals surface area contributed by atoms with E-state index in [4.69, 9.17) is 5.11 Å². The molecule has 1 N–H and O–H groups in total. The van der Waals surface area contributed by atoms with Crippen molar-refractivity contribution in [1.82, 2.24) is 19.6 Å². The van der Waals surface area contributed by atoms with Crippen LogP contribution < -0.4 is 0 Å². The third-order valence-electron chi connectivity index (χ3n) is 1.40. The average molecular weight is 164 g/mol. The molecule has 0 unspecified atom stereocenters. The van der Waals surface area contributed by atoms with Crippen LogP contribution in [0.2, 0.25) is 0 Å². The highest BCUT2D eigenvalue weighted by atomic mass is 16.4. The monoisotopic (exact) mass is 164 g/mol. The molecule has 2 heterocycles. The van der Waals surface area contributed by atoms with E-state index in [0.29, 0.717) is 0 Å². The van der Waals surface area contributed by atoms with Gasteiger partial charge in [0, 0.05) is 6.20 Å². The van der Waals surface area contributed by atoms with Crippen LogP contribution in [0.4, 0.5) is 0 Å². The number of aromatic carboxylic acids is 1. The lowest BCUT2D eigenvalue weighted by Gasteiger charge is -1.94. The first-order chi connectivity index (χ1) is 5.79. The first kappa shape index (κ1) is 6.71. The van der Waals surface area contributed by atoms with Gasteiger partial charge >= 0.3 is 5.97 Å². The Morgan fingerprint density at radius 2 is 2.33 bits per heavy atom. The molecule has 60 valence electrons. The van der Waals surface area contributed by atoms with Gasteiger partial charge in [0.1, 0.15) is 6.33 Å². The summed E-state index contributed by atoms with van der Waals surface area (Å²) >= 11 is 0. The molecule has 2 aromatic heterocycles. The molecule has 0 saturated heterocycles. The zero-order chi connectivity index (χ0) is 8.55. The highest BCUT2D eigenvalue weighted by molar-refractivity contribution is 5.85. The number of rotatable bonds is 1. The molecule has 0 radical (unpaired) electrons. The lowest BCUT2D eigenvalue weighted by atomic mass is 10.4. The molecule has 0 aliphatic rings. The van der Waals surface area contributed by atoms with Gasteiger partial charge in [0.2, 0.25) is 0 Å². The molecule has 12 heavy (non-hydrogen) atoms. The van der Waals surface area contributed by atoms with E-state index in [9.17, 15) is 4.79 Å². The molecular weight excluding hydrogens is 160 g/mol. The van der Waals surface area contributed by atoms with Gasteiger partial charge in [-0.05, 0) is 6.07 Å². The molecular formula is C6H4N4O2. The molecule has 6 nitrogen and oxygen atoms in total. The summed E-state index contributed by atoms with van der Waals surface area (Å²) in [4.78, 5) is 18.1. The number of nitrogens with zero attached hydrogens (tertiary/aromatic N) is 4. The number of carbonyl (C=O) groups is 1. The topological polar surface area (TPSA) is 80.4 Å². The van der Waals surface area contributed by atoms with Crippen molar-refractivity contribution in [3.05, 3.63) is 24.3 Å². The summed E-state index contributed by atoms with van der Waals surface area (Å²) < 4.78 is 1.17. The SMILES string of the molecule is O=C(O)c1ccnc2ncnn12. The molecule has 0 saturated carbocycles. The number of carboxylic acids is 1. The number of fused-ring (bicyclic) bond motifs is 1. The third kappa shape index (κ3) is 0.815. The van der Waals surface area contributed by atoms with Crippen LogP contribution in [-0.4, -0.2) is 30.7 Å². The zero-order valence-corrected chi connectivity index (χ0v) is 5.88. The van der Waals surface area contributed by atoms with Crippen LogP contribution in [0, 0.1) is 0 Å². The Morgan fingerprint density at radius 3 is 3.08 bits per heavy atom. The van der Waals surface area contributed by atoms with E-state index in [1.807, 2.05) is 0 Å². The predicted molar refractivity (Wildman–Crippen MR) is 37.7 cm³/mol. The van der Waals surface area contributed by atoms with Gasteiger partial charge in [-0.1, -0.05) is 0 Å². The molecule has 0 aromatic carbocycles. The summed E-state index contributed by atoms with van der Waals surface area (Å²) in [5.74, 6) is -0.761. The Hall–Kier alpha value is -1.98. The second-order valence-electron chi connectivity index (χ2n) is 2.11. The van der Waals surface area contributed by atoms with Crippen molar-refractivity contribution in [3.63, 3.8) is 0 Å². The van der Waals surface area contributed by atoms with Gasteiger partial charge in [-0.15, -0.1) is 0 Å². The van der Waals surface area contributed by atoms with E-state index >= 15 is 0 Å². The molecule has 0 aliphatic carbocycles. The van der Waals surface area contributed by atoms with Crippen LogP contribution in [0.15, 0.2) is 18.6 Å². The van der Waals surface area contributed by atoms with Gasteiger partial charge in [0.25, 0.3) is 5.78 Å². The fourth-order valence-corrected chi connectivity index (χ4v) is 0.900. The first-order valence-corrected chi connectivity index (χ1v) is 3.17. The van der Waals surface area contributed by atoms with Crippen molar-refractivity contribution in [2.24, 2.45) is 0 Å². The minimum Gasteiger partial charge on any atom is -0.477 e. The van der Waals surface area contributed by atoms with Gasteiger partial charge in [0.15, 0.2) is 5.69 Å². The zero-order valence-electron chi connectivity index (χ0n) is 5.88. The third-order valence-corrected chi connectivity index (χ3v) is 1.40. The highest BCUT2D eigenvalue weighted by Gasteiger charge is 2.08. The fourth-order valence-electron chi connectivity index (χ4n) is 0.900. The van der Waals surface area contributed by atoms with Crippen LogP contribution in [0.25, 0.3) is 5.78 Å². The maximum absolute atomic E-state index is 10.6. The van der Waals surface area contributed by atoms with Crippen LogP contribution in [0.3, 0.4) is 0 Å². The smallest absolute Gasteiger partial charge is 0.354 e. The van der Waals surface area contributed by atoms with Gasteiger partial charge in [-0.3, -0.25) is 0 Å². The maximum Gasteiger partial charge on any atom is 0.354 e. The van der Waals surface area contributed by atoms with Crippen molar-refractivity contribution in [3.8, 4) is 0 Å². The quantitative estimate of drug-likeness (QED) is 0.632. The largest absolute Gasteiger partial charge is 0.477 e. The van der Waals surface area contributed by atoms with Gasteiger partial charge < -0.3 is 5.11 Å². The Kier molecular flexibility index (Phi) is 1.26. The second-order valence-corrected chi connectivity index (χ2v) is 2.11. The Labute approximate surface area is 66.5 Å². The van der Waals surface area contributed by atoms with Crippen LogP contribution in [-0.2, 0) is 0 Å². The summed E-state index contributed by atoms with van der Waals surface area (Å²) in [5.41, 5.74) is 0.0532. The summed E-state index contributed by atoms with van der Waals surface area (Å²) in [6.07, 6.45) is 2.64. The Bertz CT molecular complexity index is 436. The molecule has 2 rings (SSSR count). The summed E-state index contributed by atoms with van der Waals surface area (Å²) in [6, 6.07) is 1.37. The van der Waals surface area contributed by atoms with E-state index in [-0.39, 0.29) is 11.5 Å². The van der Waals surface area contributed by atoms with E-state index in [0.717, 1.165) is 0 Å². The number of hydrogen-bond acceptors (Lipinski definition) is 4. The number of carboxylic acid groups (broad SMARTS) is 1. The van der Waals surface area contributed by atoms with Crippen molar-refractivity contribution in [2.75, 3.05) is 0 Å². The fraction of sp³-hybridized carbons (Fsp3) is 0. The average Bonchev–Trinajstić information content (AvgIpc) is 2.49. The maximum atomic E-state index is 10.6. The van der Waals surface area contributed by atoms with Crippen molar-refractivity contribution in [2.45, 2.75) is 0 Å². The summed E-state index contributed by atoms with van der Waals surface area (Å²) in [5, 5.41) is 12.4. The van der Waals surface area contributed by atoms with E-state index < -0.39 is 5.97 Å². The van der Waals surface area contributed by atoms with Crippen molar-refractivity contribution < 1.29 is 9.90 Å². The normalized spacial score (nSPS) is 10.3. The van der Waals surface area contributed by atoms with E-state index in [2.05, 4.69) is 15.1 Å². The molecule has 6 heteroatoms. The standard InChI is InChI=1S/C6H4N4O2/c11-5(12)4-1-2-7-6-8-3-9-10(4)6/h1-3H,(H,11,12). The van der Waals surface area contributed by atoms with Gasteiger partial charge in [-0.2, -0.15) is 14.6 Å². The minimum atomic E-state index is -1.05. The Morgan fingerprint density at radius 1 is 1.50 bits per heavy atom. The minimum absolute atomic E-state index is 0.0532. The number of aromatic nitrogens is 4. The molecule has 0 atom stereocenters. The predicted octanol–water partition coefficient (Wildman–Crippen LogP) is -0.177. The summed E-state index contributed by atoms with van der Waals surface area (Å²) in [6.45, 7) is 0. The van der Waals surface area contributed by atoms with Crippen LogP contribution in [0.5, 0.6) is 0 Å². The first-order valence-electron chi connectivity index (χ1n) is 3.17. The second kappa shape index (κ2) is 2.26. The van der Waals surface area contributed by atoms with E-state index in [1.54, 1.807) is 0 Å². The molecule has 0 aliphatic heterocycles. The molecule has 0 amide bonds. The highest BCUT2D eigenvalue weighted by Crippen LogP contribution is 1.99. The summed E-state index contributed by atoms with van der Waals surface area (Å²) in [7, 11) is 0. The van der Waals surface area contributed by atoms with Crippen LogP contribution >= 0.6 is 0 Å². The van der Waals surface area contributed by atoms with E-state index in [1.165, 1.54) is 23.1 Å². The Balaban J connectivity index is 2.82. The molecule has 0 spiro atoms.